The van der Waals surface area contributed by atoms with Gasteiger partial charge in [-0.2, -0.15) is 13.2 Å². The average Bonchev–Trinajstić information content (AvgIpc) is 3.12. The zero-order chi connectivity index (χ0) is 31.5. The number of nitrogens with zero attached hydrogens (tertiary/aromatic N) is 6. The summed E-state index contributed by atoms with van der Waals surface area (Å²) in [6, 6.07) is 32.9. The lowest BCUT2D eigenvalue weighted by molar-refractivity contribution is -0.137. The van der Waals surface area contributed by atoms with E-state index < -0.39 is 11.7 Å². The fourth-order valence-electron chi connectivity index (χ4n) is 5.04. The summed E-state index contributed by atoms with van der Waals surface area (Å²) in [5, 5.41) is 0. The summed E-state index contributed by atoms with van der Waals surface area (Å²) in [6.07, 6.45) is 2.21. The van der Waals surface area contributed by atoms with Crippen LogP contribution in [0.4, 0.5) is 13.2 Å². The highest BCUT2D eigenvalue weighted by molar-refractivity contribution is 5.76. The molecule has 7 rings (SSSR count). The molecule has 0 aliphatic heterocycles. The van der Waals surface area contributed by atoms with Gasteiger partial charge in [-0.15, -0.1) is 0 Å². The van der Waals surface area contributed by atoms with E-state index >= 15 is 0 Å². The molecular weight excluding hydrogens is 585 g/mol. The highest BCUT2D eigenvalue weighted by Gasteiger charge is 2.32. The Morgan fingerprint density at radius 3 is 1.33 bits per heavy atom. The van der Waals surface area contributed by atoms with E-state index in [1.165, 1.54) is 0 Å². The van der Waals surface area contributed by atoms with Crippen molar-refractivity contribution >= 4 is 0 Å². The first-order valence-corrected chi connectivity index (χ1v) is 14.3. The van der Waals surface area contributed by atoms with Crippen LogP contribution >= 0.6 is 0 Å². The maximum atomic E-state index is 14.2. The second-order valence-corrected chi connectivity index (χ2v) is 10.4. The first kappa shape index (κ1) is 28.7. The molecule has 0 bridgehead atoms. The zero-order valence-electron chi connectivity index (χ0n) is 24.1. The first-order chi connectivity index (χ1) is 22.4. The molecule has 0 N–H and O–H groups in total. The van der Waals surface area contributed by atoms with Crippen LogP contribution in [-0.4, -0.2) is 29.9 Å². The van der Waals surface area contributed by atoms with Crippen molar-refractivity contribution < 1.29 is 13.2 Å². The molecule has 222 valence electrons. The molecule has 7 aromatic rings. The predicted octanol–water partition coefficient (Wildman–Crippen LogP) is 9.08. The summed E-state index contributed by atoms with van der Waals surface area (Å²) in [5.74, 6) is 0. The van der Waals surface area contributed by atoms with E-state index in [0.29, 0.717) is 45.3 Å². The number of alkyl halides is 3. The SMILES string of the molecule is FC(F)(F)c1cc(-c2ccccc2)nc(-c2cc(-c3cccc(-c4cccnc4)n3)nc(-c3cccc(-c4cccnc4)n3)c2)c1. The van der Waals surface area contributed by atoms with Gasteiger partial charge in [-0.3, -0.25) is 9.97 Å². The molecule has 0 aliphatic carbocycles. The van der Waals surface area contributed by atoms with E-state index in [9.17, 15) is 13.2 Å². The van der Waals surface area contributed by atoms with Crippen LogP contribution in [0.5, 0.6) is 0 Å². The van der Waals surface area contributed by atoms with Gasteiger partial charge < -0.3 is 0 Å². The van der Waals surface area contributed by atoms with Gasteiger partial charge in [0.05, 0.1) is 51.1 Å². The second-order valence-electron chi connectivity index (χ2n) is 10.4. The van der Waals surface area contributed by atoms with E-state index in [-0.39, 0.29) is 11.4 Å². The summed E-state index contributed by atoms with van der Waals surface area (Å²) in [7, 11) is 0. The first-order valence-electron chi connectivity index (χ1n) is 14.3. The molecule has 0 amide bonds. The minimum atomic E-state index is -4.58. The number of hydrogen-bond acceptors (Lipinski definition) is 6. The van der Waals surface area contributed by atoms with Crippen molar-refractivity contribution in [1.82, 2.24) is 29.9 Å². The van der Waals surface area contributed by atoms with E-state index in [1.54, 1.807) is 67.3 Å². The number of halogens is 3. The average molecular weight is 609 g/mol. The third-order valence-electron chi connectivity index (χ3n) is 7.28. The third-order valence-corrected chi connectivity index (χ3v) is 7.28. The zero-order valence-corrected chi connectivity index (χ0v) is 24.1. The lowest BCUT2D eigenvalue weighted by Gasteiger charge is -2.14. The van der Waals surface area contributed by atoms with E-state index in [4.69, 9.17) is 19.9 Å². The smallest absolute Gasteiger partial charge is 0.264 e. The van der Waals surface area contributed by atoms with Gasteiger partial charge in [-0.1, -0.05) is 42.5 Å². The molecule has 46 heavy (non-hydrogen) atoms. The van der Waals surface area contributed by atoms with Crippen molar-refractivity contribution in [2.75, 3.05) is 0 Å². The molecule has 0 fully saturated rings. The van der Waals surface area contributed by atoms with Crippen LogP contribution in [0.1, 0.15) is 5.56 Å². The summed E-state index contributed by atoms with van der Waals surface area (Å²) in [6.45, 7) is 0. The van der Waals surface area contributed by atoms with Crippen LogP contribution in [0.15, 0.2) is 140 Å². The number of aromatic nitrogens is 6. The van der Waals surface area contributed by atoms with Crippen LogP contribution in [0.3, 0.4) is 0 Å². The summed E-state index contributed by atoms with van der Waals surface area (Å²) >= 11 is 0. The van der Waals surface area contributed by atoms with Gasteiger partial charge in [0.25, 0.3) is 0 Å². The van der Waals surface area contributed by atoms with Gasteiger partial charge in [0.15, 0.2) is 0 Å². The number of benzene rings is 1. The molecule has 6 heterocycles. The Kier molecular flexibility index (Phi) is 7.56. The van der Waals surface area contributed by atoms with Gasteiger partial charge in [0.2, 0.25) is 0 Å². The highest BCUT2D eigenvalue weighted by atomic mass is 19.4. The Balaban J connectivity index is 1.43. The molecule has 0 unspecified atom stereocenters. The van der Waals surface area contributed by atoms with Crippen molar-refractivity contribution in [3.05, 3.63) is 146 Å². The molecule has 0 saturated carbocycles. The maximum Gasteiger partial charge on any atom is 0.416 e. The Bertz CT molecular complexity index is 2040. The van der Waals surface area contributed by atoms with Crippen LogP contribution in [0, 0.1) is 0 Å². The number of rotatable bonds is 6. The fraction of sp³-hybridized carbons (Fsp3) is 0.0270. The fourth-order valence-corrected chi connectivity index (χ4v) is 5.04. The highest BCUT2D eigenvalue weighted by Crippen LogP contribution is 2.36. The van der Waals surface area contributed by atoms with Gasteiger partial charge in [0.1, 0.15) is 0 Å². The van der Waals surface area contributed by atoms with Crippen LogP contribution in [0.25, 0.3) is 67.8 Å². The topological polar surface area (TPSA) is 77.3 Å². The molecule has 0 saturated heterocycles. The normalized spacial score (nSPS) is 11.4. The Morgan fingerprint density at radius 2 is 0.826 bits per heavy atom. The molecule has 1 aromatic carbocycles. The minimum Gasteiger partial charge on any atom is -0.264 e. The lowest BCUT2D eigenvalue weighted by Crippen LogP contribution is -2.07. The van der Waals surface area contributed by atoms with Crippen LogP contribution < -0.4 is 0 Å². The van der Waals surface area contributed by atoms with Gasteiger partial charge >= 0.3 is 6.18 Å². The van der Waals surface area contributed by atoms with Crippen molar-refractivity contribution in [3.8, 4) is 67.8 Å². The van der Waals surface area contributed by atoms with Gasteiger partial charge in [-0.05, 0) is 72.8 Å². The largest absolute Gasteiger partial charge is 0.416 e. The van der Waals surface area contributed by atoms with Crippen molar-refractivity contribution in [1.29, 1.82) is 0 Å². The molecule has 6 nitrogen and oxygen atoms in total. The Hall–Kier alpha value is -6.09. The number of hydrogen-bond donors (Lipinski definition) is 0. The van der Waals surface area contributed by atoms with Crippen LogP contribution in [0.2, 0.25) is 0 Å². The molecule has 0 aliphatic rings. The summed E-state index contributed by atoms with van der Waals surface area (Å²) in [4.78, 5) is 27.7. The minimum absolute atomic E-state index is 0.144. The maximum absolute atomic E-state index is 14.2. The molecule has 0 spiro atoms. The van der Waals surface area contributed by atoms with Crippen molar-refractivity contribution in [3.63, 3.8) is 0 Å². The predicted molar refractivity (Wildman–Crippen MR) is 171 cm³/mol. The third kappa shape index (κ3) is 6.11. The Morgan fingerprint density at radius 1 is 0.370 bits per heavy atom. The summed E-state index contributed by atoms with van der Waals surface area (Å²) in [5.41, 5.74) is 5.52. The van der Waals surface area contributed by atoms with Crippen LogP contribution in [-0.2, 0) is 6.18 Å². The molecule has 9 heteroatoms. The molecule has 0 radical (unpaired) electrons. The molecule has 0 atom stereocenters. The Labute approximate surface area is 262 Å². The summed E-state index contributed by atoms with van der Waals surface area (Å²) < 4.78 is 42.6. The molecule has 6 aromatic heterocycles. The van der Waals surface area contributed by atoms with Crippen molar-refractivity contribution in [2.45, 2.75) is 6.18 Å². The number of pyridine rings is 6. The van der Waals surface area contributed by atoms with Gasteiger partial charge in [0, 0.05) is 47.0 Å². The molecular formula is C37H23F3N6. The van der Waals surface area contributed by atoms with E-state index in [0.717, 1.165) is 23.3 Å². The van der Waals surface area contributed by atoms with E-state index in [2.05, 4.69) is 9.97 Å². The lowest BCUT2D eigenvalue weighted by atomic mass is 10.0. The van der Waals surface area contributed by atoms with Crippen molar-refractivity contribution in [2.24, 2.45) is 0 Å². The van der Waals surface area contributed by atoms with Gasteiger partial charge in [-0.25, -0.2) is 19.9 Å². The quantitative estimate of drug-likeness (QED) is 0.187. The van der Waals surface area contributed by atoms with E-state index in [1.807, 2.05) is 60.7 Å². The standard InChI is InChI=1S/C37H23F3N6/c38-37(39,40)28-20-33(24-8-2-1-3-9-24)45-34(21-28)27-18-35(31-14-4-12-29(43-31)25-10-6-16-41-22-25)46-36(19-27)32-15-5-13-30(44-32)26-11-7-17-42-23-26/h1-23H. The second kappa shape index (κ2) is 12.1. The monoisotopic (exact) mass is 608 g/mol.